The molecule has 0 radical (unpaired) electrons. The van der Waals surface area contributed by atoms with Gasteiger partial charge in [-0.2, -0.15) is 0 Å². The fourth-order valence-electron chi connectivity index (χ4n) is 1.37. The second-order valence-corrected chi connectivity index (χ2v) is 6.31. The minimum Gasteiger partial charge on any atom is -0.392 e. The van der Waals surface area contributed by atoms with Gasteiger partial charge in [-0.3, -0.25) is 4.72 Å². The van der Waals surface area contributed by atoms with Gasteiger partial charge >= 0.3 is 0 Å². The molecule has 8 heteroatoms. The monoisotopic (exact) mass is 310 g/mol. The minimum absolute atomic E-state index is 0.0358. The second kappa shape index (κ2) is 5.81. The van der Waals surface area contributed by atoms with Crippen LogP contribution < -0.4 is 10.5 Å². The highest BCUT2D eigenvalue weighted by molar-refractivity contribution is 7.95. The van der Waals surface area contributed by atoms with Crippen LogP contribution in [0.15, 0.2) is 18.2 Å². The van der Waals surface area contributed by atoms with E-state index in [1.807, 2.05) is 0 Å². The van der Waals surface area contributed by atoms with Crippen molar-refractivity contribution in [3.63, 3.8) is 0 Å². The molecule has 0 saturated carbocycles. The van der Waals surface area contributed by atoms with Crippen molar-refractivity contribution in [3.05, 3.63) is 29.0 Å². The van der Waals surface area contributed by atoms with Crippen LogP contribution in [-0.4, -0.2) is 18.7 Å². The molecule has 1 unspecified atom stereocenters. The summed E-state index contributed by atoms with van der Waals surface area (Å²) in [6, 6.07) is 3.38. The second-order valence-electron chi connectivity index (χ2n) is 3.57. The Labute approximate surface area is 115 Å². The first-order valence-corrected chi connectivity index (χ1v) is 7.37. The Hall–Kier alpha value is -0.920. The van der Waals surface area contributed by atoms with E-state index < -0.39 is 21.1 Å². The number of sulfonamides is 1. The van der Waals surface area contributed by atoms with Crippen molar-refractivity contribution in [2.75, 3.05) is 4.72 Å². The standard InChI is InChI=1S/C10H12ClFN2O2S2/c1-2-9(10(13)17)18(15,16)14-8-5-6(12)3-4-7(8)11/h3-5,9,14H,2H2,1H3,(H2,13,17). The van der Waals surface area contributed by atoms with E-state index in [2.05, 4.69) is 4.72 Å². The van der Waals surface area contributed by atoms with E-state index in [1.165, 1.54) is 6.07 Å². The summed E-state index contributed by atoms with van der Waals surface area (Å²) in [5.41, 5.74) is 5.32. The average Bonchev–Trinajstić information content (AvgIpc) is 2.22. The number of thiocarbonyl (C=S) groups is 1. The van der Waals surface area contributed by atoms with Crippen LogP contribution in [-0.2, 0) is 10.0 Å². The molecule has 1 atom stereocenters. The summed E-state index contributed by atoms with van der Waals surface area (Å²) in [6.45, 7) is 1.64. The SMILES string of the molecule is CCC(C(N)=S)S(=O)(=O)Nc1cc(F)ccc1Cl. The summed E-state index contributed by atoms with van der Waals surface area (Å²) in [4.78, 5) is -0.141. The zero-order valence-corrected chi connectivity index (χ0v) is 11.9. The van der Waals surface area contributed by atoms with Gasteiger partial charge in [0.2, 0.25) is 10.0 Å². The smallest absolute Gasteiger partial charge is 0.242 e. The molecule has 1 aromatic carbocycles. The van der Waals surface area contributed by atoms with Gasteiger partial charge in [-0.05, 0) is 24.6 Å². The maximum absolute atomic E-state index is 13.0. The van der Waals surface area contributed by atoms with Crippen LogP contribution in [0.1, 0.15) is 13.3 Å². The van der Waals surface area contributed by atoms with E-state index in [4.69, 9.17) is 29.6 Å². The molecule has 0 amide bonds. The topological polar surface area (TPSA) is 72.2 Å². The molecule has 3 N–H and O–H groups in total. The maximum atomic E-state index is 13.0. The van der Waals surface area contributed by atoms with Crippen LogP contribution in [0.5, 0.6) is 0 Å². The molecule has 0 aromatic heterocycles. The fraction of sp³-hybridized carbons (Fsp3) is 0.300. The summed E-state index contributed by atoms with van der Waals surface area (Å²) in [7, 11) is -3.83. The van der Waals surface area contributed by atoms with Gasteiger partial charge in [0, 0.05) is 0 Å². The number of nitrogens with one attached hydrogen (secondary N) is 1. The molecule has 4 nitrogen and oxygen atoms in total. The molecule has 100 valence electrons. The maximum Gasteiger partial charge on any atom is 0.242 e. The van der Waals surface area contributed by atoms with Crippen molar-refractivity contribution >= 4 is 44.5 Å². The first-order chi connectivity index (χ1) is 8.27. The highest BCUT2D eigenvalue weighted by atomic mass is 35.5. The Morgan fingerprint density at radius 1 is 1.61 bits per heavy atom. The highest BCUT2D eigenvalue weighted by Crippen LogP contribution is 2.24. The lowest BCUT2D eigenvalue weighted by atomic mass is 10.3. The first-order valence-electron chi connectivity index (χ1n) is 5.04. The summed E-state index contributed by atoms with van der Waals surface area (Å²) in [5.74, 6) is -0.597. The lowest BCUT2D eigenvalue weighted by Crippen LogP contribution is -2.37. The van der Waals surface area contributed by atoms with E-state index in [1.54, 1.807) is 6.92 Å². The van der Waals surface area contributed by atoms with Gasteiger partial charge in [-0.1, -0.05) is 30.7 Å². The van der Waals surface area contributed by atoms with Gasteiger partial charge in [0.25, 0.3) is 0 Å². The molecule has 0 heterocycles. The molecule has 1 aromatic rings. The Morgan fingerprint density at radius 2 is 2.22 bits per heavy atom. The first kappa shape index (κ1) is 15.1. The summed E-state index contributed by atoms with van der Waals surface area (Å²) in [5, 5.41) is -0.926. The number of anilines is 1. The van der Waals surface area contributed by atoms with Crippen molar-refractivity contribution in [3.8, 4) is 0 Å². The van der Waals surface area contributed by atoms with Crippen molar-refractivity contribution in [2.45, 2.75) is 18.6 Å². The Bertz CT molecular complexity index is 563. The Morgan fingerprint density at radius 3 is 2.72 bits per heavy atom. The van der Waals surface area contributed by atoms with E-state index in [0.29, 0.717) is 0 Å². The van der Waals surface area contributed by atoms with Crippen LogP contribution in [0.2, 0.25) is 5.02 Å². The van der Waals surface area contributed by atoms with Crippen LogP contribution in [0.4, 0.5) is 10.1 Å². The lowest BCUT2D eigenvalue weighted by Gasteiger charge is -2.16. The number of hydrogen-bond donors (Lipinski definition) is 2. The van der Waals surface area contributed by atoms with Gasteiger partial charge in [0.15, 0.2) is 0 Å². The van der Waals surface area contributed by atoms with Crippen molar-refractivity contribution in [2.24, 2.45) is 5.73 Å². The summed E-state index contributed by atoms with van der Waals surface area (Å²) in [6.07, 6.45) is 0.220. The predicted octanol–water partition coefficient (Wildman–Crippen LogP) is 2.29. The molecule has 0 saturated heterocycles. The molecule has 18 heavy (non-hydrogen) atoms. The molecule has 0 fully saturated rings. The van der Waals surface area contributed by atoms with Crippen LogP contribution in [0.3, 0.4) is 0 Å². The van der Waals surface area contributed by atoms with Crippen LogP contribution >= 0.6 is 23.8 Å². The van der Waals surface area contributed by atoms with Crippen LogP contribution in [0.25, 0.3) is 0 Å². The number of benzene rings is 1. The third-order valence-electron chi connectivity index (χ3n) is 2.24. The Balaban J connectivity index is 3.09. The van der Waals surface area contributed by atoms with Gasteiger partial charge in [0.05, 0.1) is 15.7 Å². The van der Waals surface area contributed by atoms with E-state index in [0.717, 1.165) is 12.1 Å². The summed E-state index contributed by atoms with van der Waals surface area (Å²) >= 11 is 10.5. The molecule has 0 spiro atoms. The molecule has 0 aliphatic heterocycles. The number of nitrogens with two attached hydrogens (primary N) is 1. The van der Waals surface area contributed by atoms with E-state index in [-0.39, 0.29) is 22.1 Å². The third-order valence-corrected chi connectivity index (χ3v) is 4.85. The third kappa shape index (κ3) is 3.54. The normalized spacial score (nSPS) is 13.1. The zero-order valence-electron chi connectivity index (χ0n) is 9.48. The van der Waals surface area contributed by atoms with E-state index >= 15 is 0 Å². The van der Waals surface area contributed by atoms with Crippen LogP contribution in [0, 0.1) is 5.82 Å². The fourth-order valence-corrected chi connectivity index (χ4v) is 3.50. The minimum atomic E-state index is -3.83. The Kier molecular flexibility index (Phi) is 4.89. The number of rotatable bonds is 5. The van der Waals surface area contributed by atoms with Crippen molar-refractivity contribution in [1.29, 1.82) is 0 Å². The average molecular weight is 311 g/mol. The largest absolute Gasteiger partial charge is 0.392 e. The van der Waals surface area contributed by atoms with Gasteiger partial charge in [0.1, 0.15) is 11.1 Å². The molecular formula is C10H12ClFN2O2S2. The zero-order chi connectivity index (χ0) is 13.9. The summed E-state index contributed by atoms with van der Waals surface area (Å²) < 4.78 is 39.2. The molecule has 0 bridgehead atoms. The lowest BCUT2D eigenvalue weighted by molar-refractivity contribution is 0.594. The van der Waals surface area contributed by atoms with Gasteiger partial charge in [-0.15, -0.1) is 0 Å². The van der Waals surface area contributed by atoms with Crippen molar-refractivity contribution in [1.82, 2.24) is 0 Å². The molecule has 0 aliphatic carbocycles. The molecule has 0 aliphatic rings. The van der Waals surface area contributed by atoms with Gasteiger partial charge in [-0.25, -0.2) is 12.8 Å². The van der Waals surface area contributed by atoms with E-state index in [9.17, 15) is 12.8 Å². The predicted molar refractivity (Wildman–Crippen MR) is 74.8 cm³/mol. The van der Waals surface area contributed by atoms with Crippen molar-refractivity contribution < 1.29 is 12.8 Å². The molecule has 1 rings (SSSR count). The molecular weight excluding hydrogens is 299 g/mol. The number of hydrogen-bond acceptors (Lipinski definition) is 3. The number of halogens is 2. The highest BCUT2D eigenvalue weighted by Gasteiger charge is 2.27. The quantitative estimate of drug-likeness (QED) is 0.819. The van der Waals surface area contributed by atoms with Gasteiger partial charge < -0.3 is 5.73 Å².